The average molecular weight is 362 g/mol. The Morgan fingerprint density at radius 2 is 1.76 bits per heavy atom. The summed E-state index contributed by atoms with van der Waals surface area (Å²) in [6.07, 6.45) is 1.93. The Hall–Kier alpha value is -2.44. The molecule has 1 amide bonds. The van der Waals surface area contributed by atoms with E-state index in [1.807, 2.05) is 18.2 Å². The van der Waals surface area contributed by atoms with Crippen LogP contribution in [0, 0.1) is 0 Å². The minimum Gasteiger partial charge on any atom is -0.454 e. The van der Waals surface area contributed by atoms with Crippen molar-refractivity contribution >= 4 is 29.7 Å². The summed E-state index contributed by atoms with van der Waals surface area (Å²) in [6.45, 7) is 2.09. The lowest BCUT2D eigenvalue weighted by Crippen LogP contribution is -2.16. The maximum atomic E-state index is 12.6. The van der Waals surface area contributed by atoms with Crippen molar-refractivity contribution < 1.29 is 14.3 Å². The van der Waals surface area contributed by atoms with Gasteiger partial charge in [-0.3, -0.25) is 4.79 Å². The highest BCUT2D eigenvalue weighted by atomic mass is 35.5. The number of hydrogen-bond acceptors (Lipinski definition) is 5. The summed E-state index contributed by atoms with van der Waals surface area (Å²) in [6, 6.07) is 9.24. The van der Waals surface area contributed by atoms with Crippen molar-refractivity contribution in [3.63, 3.8) is 0 Å². The molecule has 6 nitrogen and oxygen atoms in total. The first-order valence-electron chi connectivity index (χ1n) is 8.04. The second-order valence-corrected chi connectivity index (χ2v) is 5.98. The molecule has 0 fully saturated rings. The maximum absolute atomic E-state index is 12.6. The molecule has 2 heterocycles. The molecule has 0 radical (unpaired) electrons. The summed E-state index contributed by atoms with van der Waals surface area (Å²) in [5.41, 5.74) is 10.1. The van der Waals surface area contributed by atoms with Crippen molar-refractivity contribution in [3.8, 4) is 11.5 Å². The molecule has 0 aromatic heterocycles. The fraction of sp³-hybridized carbons (Fsp3) is 0.278. The maximum Gasteiger partial charge on any atom is 0.255 e. The van der Waals surface area contributed by atoms with E-state index in [2.05, 4.69) is 10.6 Å². The summed E-state index contributed by atoms with van der Waals surface area (Å²) >= 11 is 0. The lowest BCUT2D eigenvalue weighted by molar-refractivity contribution is 0.102. The van der Waals surface area contributed by atoms with E-state index in [0.717, 1.165) is 25.9 Å². The van der Waals surface area contributed by atoms with Gasteiger partial charge < -0.3 is 25.8 Å². The Morgan fingerprint density at radius 1 is 1.04 bits per heavy atom. The Bertz CT molecular complexity index is 810. The highest BCUT2D eigenvalue weighted by Crippen LogP contribution is 2.38. The summed E-state index contributed by atoms with van der Waals surface area (Å²) < 4.78 is 10.6. The molecule has 2 aliphatic heterocycles. The van der Waals surface area contributed by atoms with Crippen LogP contribution < -0.4 is 25.8 Å². The quantitative estimate of drug-likeness (QED) is 0.715. The molecule has 25 heavy (non-hydrogen) atoms. The van der Waals surface area contributed by atoms with Gasteiger partial charge in [-0.1, -0.05) is 6.07 Å². The summed E-state index contributed by atoms with van der Waals surface area (Å²) in [5.74, 6) is 1.01. The standard InChI is InChI=1S/C18H19N3O3.ClH/c19-14-8-16-17(24-10-23-16)9-15(14)21-18(22)13-2-1-11-3-5-20-6-4-12(11)7-13;/h1-2,7-9,20H,3-6,10,19H2,(H,21,22);1H. The topological polar surface area (TPSA) is 85.6 Å². The third-order valence-corrected chi connectivity index (χ3v) is 4.40. The molecule has 0 spiro atoms. The van der Waals surface area contributed by atoms with Crippen LogP contribution in [-0.4, -0.2) is 25.8 Å². The van der Waals surface area contributed by atoms with Crippen molar-refractivity contribution in [2.24, 2.45) is 0 Å². The van der Waals surface area contributed by atoms with Gasteiger partial charge >= 0.3 is 0 Å². The van der Waals surface area contributed by atoms with E-state index in [-0.39, 0.29) is 25.1 Å². The molecule has 2 aliphatic rings. The van der Waals surface area contributed by atoms with E-state index in [1.165, 1.54) is 11.1 Å². The zero-order chi connectivity index (χ0) is 16.5. The molecule has 0 aliphatic carbocycles. The number of amides is 1. The first kappa shape index (κ1) is 17.4. The zero-order valence-corrected chi connectivity index (χ0v) is 14.4. The number of fused-ring (bicyclic) bond motifs is 2. The SMILES string of the molecule is Cl.Nc1cc2c(cc1NC(=O)c1ccc3c(c1)CCNCC3)OCO2. The van der Waals surface area contributed by atoms with Gasteiger partial charge in [0.15, 0.2) is 11.5 Å². The smallest absolute Gasteiger partial charge is 0.255 e. The van der Waals surface area contributed by atoms with Gasteiger partial charge in [-0.05, 0) is 49.2 Å². The second kappa shape index (κ2) is 7.21. The Kier molecular flexibility index (Phi) is 5.01. The van der Waals surface area contributed by atoms with E-state index < -0.39 is 0 Å². The molecule has 0 bridgehead atoms. The summed E-state index contributed by atoms with van der Waals surface area (Å²) in [5, 5.41) is 6.23. The van der Waals surface area contributed by atoms with Gasteiger partial charge in [0.2, 0.25) is 6.79 Å². The molecule has 7 heteroatoms. The first-order chi connectivity index (χ1) is 11.7. The number of anilines is 2. The molecule has 132 valence electrons. The number of nitrogens with two attached hydrogens (primary N) is 1. The van der Waals surface area contributed by atoms with Gasteiger partial charge in [-0.15, -0.1) is 12.4 Å². The van der Waals surface area contributed by atoms with Gasteiger partial charge in [0.05, 0.1) is 11.4 Å². The summed E-state index contributed by atoms with van der Waals surface area (Å²) in [7, 11) is 0. The van der Waals surface area contributed by atoms with Gasteiger partial charge in [0.25, 0.3) is 5.91 Å². The fourth-order valence-electron chi connectivity index (χ4n) is 3.08. The third-order valence-electron chi connectivity index (χ3n) is 4.40. The monoisotopic (exact) mass is 361 g/mol. The van der Waals surface area contributed by atoms with Crippen LogP contribution in [0.4, 0.5) is 11.4 Å². The van der Waals surface area contributed by atoms with Crippen LogP contribution in [0.1, 0.15) is 21.5 Å². The summed E-state index contributed by atoms with van der Waals surface area (Å²) in [4.78, 5) is 12.6. The van der Waals surface area contributed by atoms with Gasteiger partial charge in [0.1, 0.15) is 0 Å². The molecule has 2 aromatic rings. The van der Waals surface area contributed by atoms with Crippen LogP contribution >= 0.6 is 12.4 Å². The molecule has 2 aromatic carbocycles. The second-order valence-electron chi connectivity index (χ2n) is 5.98. The van der Waals surface area contributed by atoms with Gasteiger partial charge in [-0.2, -0.15) is 0 Å². The lowest BCUT2D eigenvalue weighted by Gasteiger charge is -2.11. The number of benzene rings is 2. The highest BCUT2D eigenvalue weighted by Gasteiger charge is 2.18. The molecule has 0 saturated heterocycles. The molecular weight excluding hydrogens is 342 g/mol. The van der Waals surface area contributed by atoms with E-state index in [0.29, 0.717) is 28.4 Å². The van der Waals surface area contributed by atoms with Crippen molar-refractivity contribution in [1.82, 2.24) is 5.32 Å². The molecule has 0 atom stereocenters. The minimum absolute atomic E-state index is 0. The number of ether oxygens (including phenoxy) is 2. The zero-order valence-electron chi connectivity index (χ0n) is 13.6. The van der Waals surface area contributed by atoms with Gasteiger partial charge in [-0.25, -0.2) is 0 Å². The number of carbonyl (C=O) groups is 1. The Morgan fingerprint density at radius 3 is 2.56 bits per heavy atom. The third kappa shape index (κ3) is 3.50. The average Bonchev–Trinajstić information content (AvgIpc) is 2.89. The van der Waals surface area contributed by atoms with Crippen LogP contribution in [0.25, 0.3) is 0 Å². The molecule has 4 N–H and O–H groups in total. The van der Waals surface area contributed by atoms with Crippen LogP contribution in [0.2, 0.25) is 0 Å². The van der Waals surface area contributed by atoms with E-state index >= 15 is 0 Å². The molecule has 4 rings (SSSR count). The number of hydrogen-bond donors (Lipinski definition) is 3. The number of halogens is 1. The number of nitrogen functional groups attached to an aromatic ring is 1. The highest BCUT2D eigenvalue weighted by molar-refractivity contribution is 6.06. The van der Waals surface area contributed by atoms with Crippen LogP contribution in [0.3, 0.4) is 0 Å². The van der Waals surface area contributed by atoms with Crippen molar-refractivity contribution in [1.29, 1.82) is 0 Å². The largest absolute Gasteiger partial charge is 0.454 e. The van der Waals surface area contributed by atoms with Crippen molar-refractivity contribution in [2.45, 2.75) is 12.8 Å². The van der Waals surface area contributed by atoms with E-state index in [1.54, 1.807) is 12.1 Å². The number of carbonyl (C=O) groups excluding carboxylic acids is 1. The Balaban J connectivity index is 0.00000182. The van der Waals surface area contributed by atoms with Crippen LogP contribution in [0.5, 0.6) is 11.5 Å². The molecule has 0 unspecified atom stereocenters. The number of rotatable bonds is 2. The molecule has 0 saturated carbocycles. The predicted octanol–water partition coefficient (Wildman–Crippen LogP) is 2.36. The first-order valence-corrected chi connectivity index (χ1v) is 8.04. The van der Waals surface area contributed by atoms with E-state index in [4.69, 9.17) is 15.2 Å². The minimum atomic E-state index is -0.180. The van der Waals surface area contributed by atoms with E-state index in [9.17, 15) is 4.79 Å². The van der Waals surface area contributed by atoms with Crippen LogP contribution in [0.15, 0.2) is 30.3 Å². The van der Waals surface area contributed by atoms with Crippen molar-refractivity contribution in [2.75, 3.05) is 30.9 Å². The number of nitrogens with one attached hydrogen (secondary N) is 2. The normalized spacial score (nSPS) is 14.9. The fourth-order valence-corrected chi connectivity index (χ4v) is 3.08. The molecular formula is C18H20ClN3O3. The van der Waals surface area contributed by atoms with Crippen LogP contribution in [-0.2, 0) is 12.8 Å². The van der Waals surface area contributed by atoms with Crippen molar-refractivity contribution in [3.05, 3.63) is 47.0 Å². The van der Waals surface area contributed by atoms with Gasteiger partial charge in [0, 0.05) is 17.7 Å². The lowest BCUT2D eigenvalue weighted by atomic mass is 10.00. The predicted molar refractivity (Wildman–Crippen MR) is 98.9 cm³/mol. The Labute approximate surface area is 152 Å².